The first-order valence-electron chi connectivity index (χ1n) is 5.64. The normalized spacial score (nSPS) is 10.6. The molecule has 96 valence electrons. The lowest BCUT2D eigenvalue weighted by molar-refractivity contribution is -0.384. The Morgan fingerprint density at radius 1 is 1.53 bits per heavy atom. The van der Waals surface area contributed by atoms with Gasteiger partial charge in [-0.1, -0.05) is 0 Å². The molecule has 1 aromatic heterocycles. The Bertz CT molecular complexity index is 403. The summed E-state index contributed by atoms with van der Waals surface area (Å²) < 4.78 is 1.60. The Kier molecular flexibility index (Phi) is 4.45. The number of nitrogens with zero attached hydrogens (tertiary/aromatic N) is 4. The maximum atomic E-state index is 11.1. The van der Waals surface area contributed by atoms with Gasteiger partial charge in [-0.2, -0.15) is 5.10 Å². The van der Waals surface area contributed by atoms with Crippen molar-refractivity contribution in [3.63, 3.8) is 0 Å². The first-order valence-corrected chi connectivity index (χ1v) is 5.64. The van der Waals surface area contributed by atoms with Crippen LogP contribution >= 0.6 is 0 Å². The molecule has 0 aromatic carbocycles. The number of hydrogen-bond acceptors (Lipinski definition) is 5. The summed E-state index contributed by atoms with van der Waals surface area (Å²) in [5.74, 6) is 0.478. The summed E-state index contributed by atoms with van der Waals surface area (Å²) >= 11 is 0. The molecule has 0 atom stereocenters. The molecule has 1 aromatic rings. The van der Waals surface area contributed by atoms with Crippen LogP contribution < -0.4 is 4.90 Å². The van der Waals surface area contributed by atoms with E-state index in [0.717, 1.165) is 0 Å². The number of rotatable bonds is 6. The molecule has 0 radical (unpaired) electrons. The van der Waals surface area contributed by atoms with Gasteiger partial charge >= 0.3 is 5.69 Å². The quantitative estimate of drug-likeness (QED) is 0.592. The number of aryl methyl sites for hydroxylation is 2. The van der Waals surface area contributed by atoms with Crippen molar-refractivity contribution in [3.8, 4) is 0 Å². The van der Waals surface area contributed by atoms with Gasteiger partial charge in [0.25, 0.3) is 0 Å². The minimum Gasteiger partial charge on any atom is -0.395 e. The Morgan fingerprint density at radius 3 is 2.59 bits per heavy atom. The zero-order valence-corrected chi connectivity index (χ0v) is 10.4. The van der Waals surface area contributed by atoms with Crippen molar-refractivity contribution >= 4 is 11.5 Å². The van der Waals surface area contributed by atoms with E-state index in [1.807, 2.05) is 13.8 Å². The van der Waals surface area contributed by atoms with Crippen molar-refractivity contribution in [1.82, 2.24) is 9.78 Å². The smallest absolute Gasteiger partial charge is 0.333 e. The molecule has 1 heterocycles. The molecule has 0 aliphatic carbocycles. The predicted octanol–water partition coefficient (Wildman–Crippen LogP) is 0.938. The summed E-state index contributed by atoms with van der Waals surface area (Å²) in [7, 11) is 0. The van der Waals surface area contributed by atoms with Crippen LogP contribution in [0.25, 0.3) is 0 Å². The average molecular weight is 242 g/mol. The maximum Gasteiger partial charge on any atom is 0.333 e. The Labute approximate surface area is 99.8 Å². The number of likely N-dealkylation sites (N-methyl/N-ethyl adjacent to an activating group) is 1. The van der Waals surface area contributed by atoms with Gasteiger partial charge in [-0.3, -0.25) is 10.1 Å². The summed E-state index contributed by atoms with van der Waals surface area (Å²) in [5.41, 5.74) is 0.436. The lowest BCUT2D eigenvalue weighted by Crippen LogP contribution is -2.29. The third-order valence-electron chi connectivity index (χ3n) is 2.60. The van der Waals surface area contributed by atoms with Crippen molar-refractivity contribution in [2.45, 2.75) is 27.3 Å². The Morgan fingerprint density at radius 2 is 2.18 bits per heavy atom. The monoisotopic (exact) mass is 242 g/mol. The van der Waals surface area contributed by atoms with Crippen LogP contribution in [0, 0.1) is 17.0 Å². The average Bonchev–Trinajstić information content (AvgIpc) is 2.62. The van der Waals surface area contributed by atoms with Gasteiger partial charge in [0.05, 0.1) is 11.5 Å². The van der Waals surface area contributed by atoms with Crippen molar-refractivity contribution in [1.29, 1.82) is 0 Å². The molecule has 7 nitrogen and oxygen atoms in total. The summed E-state index contributed by atoms with van der Waals surface area (Å²) in [6.07, 6.45) is 0. The van der Waals surface area contributed by atoms with Gasteiger partial charge in [0, 0.05) is 19.6 Å². The molecule has 0 spiro atoms. The first kappa shape index (κ1) is 13.4. The van der Waals surface area contributed by atoms with E-state index < -0.39 is 4.92 Å². The van der Waals surface area contributed by atoms with Crippen LogP contribution in [-0.2, 0) is 6.54 Å². The highest BCUT2D eigenvalue weighted by Crippen LogP contribution is 2.31. The highest BCUT2D eigenvalue weighted by Gasteiger charge is 2.28. The van der Waals surface area contributed by atoms with E-state index in [2.05, 4.69) is 5.10 Å². The third kappa shape index (κ3) is 2.55. The number of hydrogen-bond donors (Lipinski definition) is 1. The van der Waals surface area contributed by atoms with E-state index in [1.54, 1.807) is 16.5 Å². The van der Waals surface area contributed by atoms with Gasteiger partial charge < -0.3 is 10.0 Å². The Balaban J connectivity index is 3.30. The third-order valence-corrected chi connectivity index (χ3v) is 2.60. The molecule has 0 unspecified atom stereocenters. The van der Waals surface area contributed by atoms with Crippen LogP contribution in [0.1, 0.15) is 19.5 Å². The maximum absolute atomic E-state index is 11.1. The second-order valence-electron chi connectivity index (χ2n) is 3.63. The molecule has 0 bridgehead atoms. The van der Waals surface area contributed by atoms with E-state index >= 15 is 0 Å². The molecule has 0 amide bonds. The van der Waals surface area contributed by atoms with E-state index in [4.69, 9.17) is 5.11 Å². The van der Waals surface area contributed by atoms with E-state index in [0.29, 0.717) is 31.1 Å². The molecule has 0 aliphatic heterocycles. The van der Waals surface area contributed by atoms with Crippen LogP contribution in [0.4, 0.5) is 11.5 Å². The van der Waals surface area contributed by atoms with Gasteiger partial charge in [0.2, 0.25) is 5.82 Å². The zero-order chi connectivity index (χ0) is 13.0. The molecule has 0 saturated carbocycles. The van der Waals surface area contributed by atoms with Crippen LogP contribution in [0.15, 0.2) is 0 Å². The fraction of sp³-hybridized carbons (Fsp3) is 0.700. The van der Waals surface area contributed by atoms with Gasteiger partial charge in [-0.05, 0) is 20.8 Å². The number of anilines is 1. The van der Waals surface area contributed by atoms with Crippen molar-refractivity contribution in [2.24, 2.45) is 0 Å². The number of aliphatic hydroxyl groups is 1. The fourth-order valence-corrected chi connectivity index (χ4v) is 1.84. The minimum atomic E-state index is -0.413. The second-order valence-corrected chi connectivity index (χ2v) is 3.63. The molecular weight excluding hydrogens is 224 g/mol. The van der Waals surface area contributed by atoms with Gasteiger partial charge in [-0.25, -0.2) is 4.68 Å². The van der Waals surface area contributed by atoms with E-state index in [-0.39, 0.29) is 12.3 Å². The lowest BCUT2D eigenvalue weighted by Gasteiger charge is -2.21. The minimum absolute atomic E-state index is 0.0298. The topological polar surface area (TPSA) is 84.4 Å². The van der Waals surface area contributed by atoms with Crippen LogP contribution in [-0.4, -0.2) is 39.5 Å². The molecule has 1 rings (SSSR count). The van der Waals surface area contributed by atoms with E-state index in [1.165, 1.54) is 0 Å². The van der Waals surface area contributed by atoms with Crippen LogP contribution in [0.5, 0.6) is 0 Å². The zero-order valence-electron chi connectivity index (χ0n) is 10.4. The summed E-state index contributed by atoms with van der Waals surface area (Å²) in [4.78, 5) is 12.4. The highest BCUT2D eigenvalue weighted by atomic mass is 16.6. The van der Waals surface area contributed by atoms with Crippen molar-refractivity contribution < 1.29 is 10.0 Å². The molecule has 7 heteroatoms. The molecule has 1 N–H and O–H groups in total. The summed E-state index contributed by atoms with van der Waals surface area (Å²) in [5, 5.41) is 24.2. The van der Waals surface area contributed by atoms with Crippen LogP contribution in [0.2, 0.25) is 0 Å². The second kappa shape index (κ2) is 5.62. The Hall–Kier alpha value is -1.63. The molecule has 0 saturated heterocycles. The lowest BCUT2D eigenvalue weighted by atomic mass is 10.3. The first-order chi connectivity index (χ1) is 8.06. The summed E-state index contributed by atoms with van der Waals surface area (Å²) in [6.45, 7) is 6.87. The standard InChI is InChI=1S/C10H18N4O3/c1-4-12(6-7-15)10-9(14(16)17)8(3)11-13(10)5-2/h15H,4-7H2,1-3H3. The molecule has 17 heavy (non-hydrogen) atoms. The molecule has 0 fully saturated rings. The molecule has 0 aliphatic rings. The highest BCUT2D eigenvalue weighted by molar-refractivity contribution is 5.61. The largest absolute Gasteiger partial charge is 0.395 e. The number of aromatic nitrogens is 2. The number of aliphatic hydroxyl groups excluding tert-OH is 1. The van der Waals surface area contributed by atoms with Crippen molar-refractivity contribution in [2.75, 3.05) is 24.6 Å². The molecular formula is C10H18N4O3. The fourth-order valence-electron chi connectivity index (χ4n) is 1.84. The van der Waals surface area contributed by atoms with Gasteiger partial charge in [0.15, 0.2) is 0 Å². The van der Waals surface area contributed by atoms with Crippen molar-refractivity contribution in [3.05, 3.63) is 15.8 Å². The summed E-state index contributed by atoms with van der Waals surface area (Å²) in [6, 6.07) is 0. The van der Waals surface area contributed by atoms with Gasteiger partial charge in [-0.15, -0.1) is 0 Å². The predicted molar refractivity (Wildman–Crippen MR) is 64.3 cm³/mol. The van der Waals surface area contributed by atoms with Crippen LogP contribution in [0.3, 0.4) is 0 Å². The van der Waals surface area contributed by atoms with E-state index in [9.17, 15) is 10.1 Å². The SMILES string of the molecule is CCN(CCO)c1c([N+](=O)[O-])c(C)nn1CC. The van der Waals surface area contributed by atoms with Gasteiger partial charge in [0.1, 0.15) is 5.69 Å². The number of nitro groups is 1.